The summed E-state index contributed by atoms with van der Waals surface area (Å²) in [6.07, 6.45) is 8.21. The van der Waals surface area contributed by atoms with Crippen LogP contribution in [0, 0.1) is 13.8 Å². The van der Waals surface area contributed by atoms with Crippen molar-refractivity contribution in [3.8, 4) is 11.3 Å². The van der Waals surface area contributed by atoms with Gasteiger partial charge in [0, 0.05) is 12.1 Å². The molecule has 0 saturated carbocycles. The van der Waals surface area contributed by atoms with Crippen LogP contribution in [0.25, 0.3) is 11.3 Å². The van der Waals surface area contributed by atoms with E-state index in [-0.39, 0.29) is 5.91 Å². The molecular formula is C20H25N3O. The van der Waals surface area contributed by atoms with E-state index in [0.717, 1.165) is 17.7 Å². The van der Waals surface area contributed by atoms with Gasteiger partial charge in [-0.15, -0.1) is 0 Å². The van der Waals surface area contributed by atoms with Gasteiger partial charge in [-0.05, 0) is 69.2 Å². The quantitative estimate of drug-likeness (QED) is 0.805. The Balaban J connectivity index is 1.59. The van der Waals surface area contributed by atoms with E-state index in [1.54, 1.807) is 0 Å². The highest BCUT2D eigenvalue weighted by atomic mass is 16.1. The zero-order chi connectivity index (χ0) is 16.9. The second-order valence-corrected chi connectivity index (χ2v) is 6.58. The average molecular weight is 323 g/mol. The number of nitrogens with zero attached hydrogens (tertiary/aromatic N) is 1. The molecular weight excluding hydrogens is 298 g/mol. The van der Waals surface area contributed by atoms with E-state index in [2.05, 4.69) is 47.6 Å². The van der Waals surface area contributed by atoms with Crippen molar-refractivity contribution in [3.63, 3.8) is 0 Å². The minimum atomic E-state index is -0.0889. The maximum absolute atomic E-state index is 12.3. The molecule has 0 radical (unpaired) electrons. The van der Waals surface area contributed by atoms with E-state index in [1.165, 1.54) is 42.4 Å². The largest absolute Gasteiger partial charge is 0.350 e. The lowest BCUT2D eigenvalue weighted by atomic mass is 9.97. The summed E-state index contributed by atoms with van der Waals surface area (Å²) in [5, 5.41) is 10.1. The van der Waals surface area contributed by atoms with Crippen LogP contribution in [0.4, 0.5) is 0 Å². The SMILES string of the molecule is Cc1ccc(-c2cc(C(=O)NCCC3=CCCCC3)[nH]n2)cc1C. The third kappa shape index (κ3) is 3.94. The molecule has 0 aliphatic heterocycles. The Morgan fingerprint density at radius 2 is 2.08 bits per heavy atom. The van der Waals surface area contributed by atoms with Crippen LogP contribution < -0.4 is 5.32 Å². The van der Waals surface area contributed by atoms with Gasteiger partial charge in [-0.2, -0.15) is 5.10 Å². The molecule has 4 heteroatoms. The van der Waals surface area contributed by atoms with Crippen molar-refractivity contribution in [3.05, 3.63) is 52.7 Å². The molecule has 126 valence electrons. The first-order chi connectivity index (χ1) is 11.6. The van der Waals surface area contributed by atoms with Crippen LogP contribution in [0.1, 0.15) is 53.7 Å². The van der Waals surface area contributed by atoms with Crippen molar-refractivity contribution in [2.45, 2.75) is 46.0 Å². The van der Waals surface area contributed by atoms with Crippen molar-refractivity contribution in [2.75, 3.05) is 6.54 Å². The molecule has 0 saturated heterocycles. The van der Waals surface area contributed by atoms with Gasteiger partial charge in [0.2, 0.25) is 0 Å². The number of carbonyl (C=O) groups is 1. The van der Waals surface area contributed by atoms with Gasteiger partial charge in [-0.3, -0.25) is 9.89 Å². The van der Waals surface area contributed by atoms with Crippen LogP contribution in [0.15, 0.2) is 35.9 Å². The minimum absolute atomic E-state index is 0.0889. The Kier molecular flexibility index (Phi) is 5.14. The number of rotatable bonds is 5. The number of carbonyl (C=O) groups excluding carboxylic acids is 1. The summed E-state index contributed by atoms with van der Waals surface area (Å²) in [6, 6.07) is 8.04. The second-order valence-electron chi connectivity index (χ2n) is 6.58. The first-order valence-electron chi connectivity index (χ1n) is 8.72. The lowest BCUT2D eigenvalue weighted by molar-refractivity contribution is 0.0949. The van der Waals surface area contributed by atoms with E-state index in [0.29, 0.717) is 12.2 Å². The second kappa shape index (κ2) is 7.47. The maximum Gasteiger partial charge on any atom is 0.269 e. The molecule has 1 aromatic carbocycles. The van der Waals surface area contributed by atoms with Crippen molar-refractivity contribution in [1.29, 1.82) is 0 Å². The molecule has 1 heterocycles. The molecule has 1 amide bonds. The summed E-state index contributed by atoms with van der Waals surface area (Å²) in [5.74, 6) is -0.0889. The van der Waals surface area contributed by atoms with Crippen molar-refractivity contribution >= 4 is 5.91 Å². The standard InChI is InChI=1S/C20H25N3O/c1-14-8-9-17(12-15(14)2)18-13-19(23-22-18)20(24)21-11-10-16-6-4-3-5-7-16/h6,8-9,12-13H,3-5,7,10-11H2,1-2H3,(H,21,24)(H,22,23). The number of hydrogen-bond acceptors (Lipinski definition) is 2. The molecule has 0 atom stereocenters. The topological polar surface area (TPSA) is 57.8 Å². The predicted octanol–water partition coefficient (Wildman–Crippen LogP) is 4.31. The van der Waals surface area contributed by atoms with Crippen LogP contribution in [0.5, 0.6) is 0 Å². The zero-order valence-corrected chi connectivity index (χ0v) is 14.5. The summed E-state index contributed by atoms with van der Waals surface area (Å²) in [6.45, 7) is 4.85. The van der Waals surface area contributed by atoms with E-state index < -0.39 is 0 Å². The van der Waals surface area contributed by atoms with Crippen LogP contribution in [0.3, 0.4) is 0 Å². The monoisotopic (exact) mass is 323 g/mol. The fourth-order valence-corrected chi connectivity index (χ4v) is 3.05. The number of amides is 1. The van der Waals surface area contributed by atoms with Crippen LogP contribution in [-0.2, 0) is 0 Å². The number of aromatic amines is 1. The third-order valence-electron chi connectivity index (χ3n) is 4.74. The molecule has 0 spiro atoms. The Morgan fingerprint density at radius 1 is 1.21 bits per heavy atom. The smallest absolute Gasteiger partial charge is 0.269 e. The van der Waals surface area contributed by atoms with Gasteiger partial charge >= 0.3 is 0 Å². The number of H-pyrrole nitrogens is 1. The van der Waals surface area contributed by atoms with Gasteiger partial charge in [0.25, 0.3) is 5.91 Å². The molecule has 2 aromatic rings. The average Bonchev–Trinajstić information content (AvgIpc) is 3.08. The van der Waals surface area contributed by atoms with Crippen LogP contribution in [0.2, 0.25) is 0 Å². The molecule has 1 aromatic heterocycles. The lowest BCUT2D eigenvalue weighted by Gasteiger charge is -2.12. The van der Waals surface area contributed by atoms with Gasteiger partial charge in [-0.1, -0.05) is 23.8 Å². The molecule has 1 aliphatic carbocycles. The van der Waals surface area contributed by atoms with Gasteiger partial charge < -0.3 is 5.32 Å². The molecule has 1 aliphatic rings. The first kappa shape index (κ1) is 16.5. The zero-order valence-electron chi connectivity index (χ0n) is 14.5. The molecule has 3 rings (SSSR count). The Hall–Kier alpha value is -2.36. The lowest BCUT2D eigenvalue weighted by Crippen LogP contribution is -2.25. The summed E-state index contributed by atoms with van der Waals surface area (Å²) in [7, 11) is 0. The summed E-state index contributed by atoms with van der Waals surface area (Å²) in [4.78, 5) is 12.3. The van der Waals surface area contributed by atoms with Gasteiger partial charge in [0.1, 0.15) is 5.69 Å². The molecule has 0 fully saturated rings. The molecule has 0 bridgehead atoms. The first-order valence-corrected chi connectivity index (χ1v) is 8.72. The van der Waals surface area contributed by atoms with Crippen molar-refractivity contribution < 1.29 is 4.79 Å². The number of nitrogens with one attached hydrogen (secondary N) is 2. The fraction of sp³-hybridized carbons (Fsp3) is 0.400. The van der Waals surface area contributed by atoms with Gasteiger partial charge in [-0.25, -0.2) is 0 Å². The summed E-state index contributed by atoms with van der Waals surface area (Å²) in [5.41, 5.74) is 6.30. The molecule has 0 unspecified atom stereocenters. The van der Waals surface area contributed by atoms with E-state index in [4.69, 9.17) is 0 Å². The van der Waals surface area contributed by atoms with Gasteiger partial charge in [0.05, 0.1) is 5.69 Å². The molecule has 24 heavy (non-hydrogen) atoms. The fourth-order valence-electron chi connectivity index (χ4n) is 3.05. The summed E-state index contributed by atoms with van der Waals surface area (Å²) >= 11 is 0. The molecule has 4 nitrogen and oxygen atoms in total. The van der Waals surface area contributed by atoms with Crippen LogP contribution >= 0.6 is 0 Å². The highest BCUT2D eigenvalue weighted by Crippen LogP contribution is 2.21. The van der Waals surface area contributed by atoms with E-state index in [9.17, 15) is 4.79 Å². The highest BCUT2D eigenvalue weighted by molar-refractivity contribution is 5.93. The Labute approximate surface area is 143 Å². The normalized spacial score (nSPS) is 14.3. The number of aromatic nitrogens is 2. The number of allylic oxidation sites excluding steroid dienone is 1. The number of hydrogen-bond donors (Lipinski definition) is 2. The predicted molar refractivity (Wildman–Crippen MR) is 97.0 cm³/mol. The minimum Gasteiger partial charge on any atom is -0.350 e. The number of aryl methyl sites for hydroxylation is 2. The molecule has 2 N–H and O–H groups in total. The Morgan fingerprint density at radius 3 is 2.83 bits per heavy atom. The van der Waals surface area contributed by atoms with E-state index in [1.807, 2.05) is 12.1 Å². The van der Waals surface area contributed by atoms with Gasteiger partial charge in [0.15, 0.2) is 0 Å². The maximum atomic E-state index is 12.3. The Bertz CT molecular complexity index is 758. The van der Waals surface area contributed by atoms with Crippen molar-refractivity contribution in [2.24, 2.45) is 0 Å². The van der Waals surface area contributed by atoms with E-state index >= 15 is 0 Å². The highest BCUT2D eigenvalue weighted by Gasteiger charge is 2.11. The third-order valence-corrected chi connectivity index (χ3v) is 4.74. The number of benzene rings is 1. The van der Waals surface area contributed by atoms with Crippen molar-refractivity contribution in [1.82, 2.24) is 15.5 Å². The van der Waals surface area contributed by atoms with Crippen LogP contribution in [-0.4, -0.2) is 22.6 Å². The summed E-state index contributed by atoms with van der Waals surface area (Å²) < 4.78 is 0.